The zero-order valence-corrected chi connectivity index (χ0v) is 14.4. The SMILES string of the molecule is CCCSc1nc(Cl)c(N)c(NC2CCC(CCC)C2)n1. The van der Waals surface area contributed by atoms with Crippen molar-refractivity contribution in [1.82, 2.24) is 9.97 Å². The summed E-state index contributed by atoms with van der Waals surface area (Å²) in [5.74, 6) is 2.53. The molecular weight excluding hydrogens is 304 g/mol. The molecule has 0 aromatic carbocycles. The summed E-state index contributed by atoms with van der Waals surface area (Å²) in [6.07, 6.45) is 7.34. The molecule has 1 aromatic heterocycles. The van der Waals surface area contributed by atoms with Crippen molar-refractivity contribution < 1.29 is 0 Å². The van der Waals surface area contributed by atoms with Crippen LogP contribution < -0.4 is 11.1 Å². The lowest BCUT2D eigenvalue weighted by atomic mass is 10.0. The smallest absolute Gasteiger partial charge is 0.191 e. The van der Waals surface area contributed by atoms with E-state index in [-0.39, 0.29) is 0 Å². The van der Waals surface area contributed by atoms with Gasteiger partial charge in [-0.2, -0.15) is 0 Å². The average molecular weight is 329 g/mol. The van der Waals surface area contributed by atoms with E-state index in [1.807, 2.05) is 0 Å². The maximum atomic E-state index is 6.13. The van der Waals surface area contributed by atoms with Crippen LogP contribution in [0.1, 0.15) is 52.4 Å². The number of hydrogen-bond donors (Lipinski definition) is 2. The van der Waals surface area contributed by atoms with E-state index in [2.05, 4.69) is 29.1 Å². The third-order valence-electron chi connectivity index (χ3n) is 3.89. The van der Waals surface area contributed by atoms with E-state index in [0.717, 1.165) is 18.1 Å². The molecule has 4 nitrogen and oxygen atoms in total. The van der Waals surface area contributed by atoms with Gasteiger partial charge < -0.3 is 11.1 Å². The maximum Gasteiger partial charge on any atom is 0.191 e. The molecular formula is C15H25ClN4S. The predicted octanol–water partition coefficient (Wildman–Crippen LogP) is 4.60. The van der Waals surface area contributed by atoms with Gasteiger partial charge in [-0.15, -0.1) is 0 Å². The van der Waals surface area contributed by atoms with E-state index in [4.69, 9.17) is 17.3 Å². The Morgan fingerprint density at radius 2 is 2.10 bits per heavy atom. The number of halogens is 1. The van der Waals surface area contributed by atoms with Crippen LogP contribution in [-0.4, -0.2) is 21.8 Å². The highest BCUT2D eigenvalue weighted by Crippen LogP contribution is 2.34. The second kappa shape index (κ2) is 8.08. The molecule has 1 aliphatic rings. The summed E-state index contributed by atoms with van der Waals surface area (Å²) in [7, 11) is 0. The second-order valence-electron chi connectivity index (χ2n) is 5.72. The number of nitrogens with one attached hydrogen (secondary N) is 1. The third kappa shape index (κ3) is 4.65. The largest absolute Gasteiger partial charge is 0.393 e. The number of nitrogens with zero attached hydrogens (tertiary/aromatic N) is 2. The zero-order chi connectivity index (χ0) is 15.2. The van der Waals surface area contributed by atoms with E-state index in [9.17, 15) is 0 Å². The molecule has 3 N–H and O–H groups in total. The van der Waals surface area contributed by atoms with Crippen LogP contribution in [-0.2, 0) is 0 Å². The quantitative estimate of drug-likeness (QED) is 0.435. The van der Waals surface area contributed by atoms with Gasteiger partial charge in [0.2, 0.25) is 0 Å². The molecule has 1 aliphatic carbocycles. The molecule has 2 atom stereocenters. The first-order chi connectivity index (χ1) is 10.1. The summed E-state index contributed by atoms with van der Waals surface area (Å²) in [6.45, 7) is 4.39. The minimum atomic E-state index is 0.356. The van der Waals surface area contributed by atoms with Gasteiger partial charge in [0.1, 0.15) is 5.69 Å². The molecule has 0 spiro atoms. The van der Waals surface area contributed by atoms with Crippen LogP contribution in [0.3, 0.4) is 0 Å². The molecule has 0 radical (unpaired) electrons. The average Bonchev–Trinajstić information content (AvgIpc) is 2.89. The lowest BCUT2D eigenvalue weighted by Gasteiger charge is -2.16. The molecule has 0 bridgehead atoms. The molecule has 0 aliphatic heterocycles. The minimum Gasteiger partial charge on any atom is -0.393 e. The topological polar surface area (TPSA) is 63.8 Å². The molecule has 1 aromatic rings. The van der Waals surface area contributed by atoms with Crippen molar-refractivity contribution in [1.29, 1.82) is 0 Å². The molecule has 0 saturated heterocycles. The monoisotopic (exact) mass is 328 g/mol. The van der Waals surface area contributed by atoms with Gasteiger partial charge in [0, 0.05) is 11.8 Å². The van der Waals surface area contributed by atoms with Gasteiger partial charge in [0.15, 0.2) is 16.1 Å². The van der Waals surface area contributed by atoms with Crippen molar-refractivity contribution in [2.75, 3.05) is 16.8 Å². The molecule has 1 fully saturated rings. The number of rotatable bonds is 7. The van der Waals surface area contributed by atoms with Crippen molar-refractivity contribution in [3.63, 3.8) is 0 Å². The van der Waals surface area contributed by atoms with Crippen molar-refractivity contribution in [2.24, 2.45) is 5.92 Å². The summed E-state index contributed by atoms with van der Waals surface area (Å²) < 4.78 is 0. The van der Waals surface area contributed by atoms with Gasteiger partial charge in [-0.05, 0) is 31.6 Å². The van der Waals surface area contributed by atoms with Gasteiger partial charge in [0.25, 0.3) is 0 Å². The van der Waals surface area contributed by atoms with E-state index in [1.165, 1.54) is 32.1 Å². The Morgan fingerprint density at radius 1 is 1.29 bits per heavy atom. The molecule has 21 heavy (non-hydrogen) atoms. The standard InChI is InChI=1S/C15H25ClN4S/c1-3-5-10-6-7-11(9-10)18-14-12(17)13(16)19-15(20-14)21-8-4-2/h10-11H,3-9,17H2,1-2H3,(H,18,19,20). The normalized spacial score (nSPS) is 21.7. The number of thioether (sulfide) groups is 1. The number of anilines is 2. The molecule has 0 amide bonds. The van der Waals surface area contributed by atoms with Gasteiger partial charge in [-0.3, -0.25) is 0 Å². The van der Waals surface area contributed by atoms with Gasteiger partial charge in [-0.25, -0.2) is 9.97 Å². The first-order valence-corrected chi connectivity index (χ1v) is 9.22. The zero-order valence-electron chi connectivity index (χ0n) is 12.9. The van der Waals surface area contributed by atoms with Crippen LogP contribution in [0.4, 0.5) is 11.5 Å². The first-order valence-electron chi connectivity index (χ1n) is 7.86. The van der Waals surface area contributed by atoms with Gasteiger partial charge in [-0.1, -0.05) is 50.1 Å². The molecule has 6 heteroatoms. The fourth-order valence-corrected chi connectivity index (χ4v) is 3.78. The Morgan fingerprint density at radius 3 is 2.81 bits per heavy atom. The maximum absolute atomic E-state index is 6.13. The fourth-order valence-electron chi connectivity index (χ4n) is 2.86. The van der Waals surface area contributed by atoms with E-state index < -0.39 is 0 Å². The van der Waals surface area contributed by atoms with Crippen molar-refractivity contribution in [3.05, 3.63) is 5.15 Å². The van der Waals surface area contributed by atoms with Gasteiger partial charge >= 0.3 is 0 Å². The van der Waals surface area contributed by atoms with Crippen LogP contribution in [0.2, 0.25) is 5.15 Å². The molecule has 118 valence electrons. The number of nitrogen functional groups attached to an aromatic ring is 1. The number of nitrogens with two attached hydrogens (primary N) is 1. The lowest BCUT2D eigenvalue weighted by molar-refractivity contribution is 0.492. The van der Waals surface area contributed by atoms with Gasteiger partial charge in [0.05, 0.1) is 0 Å². The summed E-state index contributed by atoms with van der Waals surface area (Å²) in [4.78, 5) is 8.78. The van der Waals surface area contributed by atoms with E-state index in [0.29, 0.717) is 27.9 Å². The first kappa shape index (κ1) is 16.7. The van der Waals surface area contributed by atoms with Crippen molar-refractivity contribution >= 4 is 34.9 Å². The summed E-state index contributed by atoms with van der Waals surface area (Å²) in [5, 5.41) is 4.55. The highest BCUT2D eigenvalue weighted by Gasteiger charge is 2.25. The minimum absolute atomic E-state index is 0.356. The Labute approximate surface area is 136 Å². The number of aromatic nitrogens is 2. The fraction of sp³-hybridized carbons (Fsp3) is 0.733. The summed E-state index contributed by atoms with van der Waals surface area (Å²) in [5.41, 5.74) is 6.49. The Kier molecular flexibility index (Phi) is 6.42. The van der Waals surface area contributed by atoms with Crippen LogP contribution in [0.5, 0.6) is 0 Å². The lowest BCUT2D eigenvalue weighted by Crippen LogP contribution is -2.18. The molecule has 2 unspecified atom stereocenters. The van der Waals surface area contributed by atoms with Crippen LogP contribution in [0, 0.1) is 5.92 Å². The van der Waals surface area contributed by atoms with Crippen LogP contribution in [0.25, 0.3) is 0 Å². The Balaban J connectivity index is 2.03. The van der Waals surface area contributed by atoms with E-state index >= 15 is 0 Å². The molecule has 1 saturated carbocycles. The molecule has 2 rings (SSSR count). The second-order valence-corrected chi connectivity index (χ2v) is 7.14. The Hall–Kier alpha value is -0.680. The predicted molar refractivity (Wildman–Crippen MR) is 92.1 cm³/mol. The number of hydrogen-bond acceptors (Lipinski definition) is 5. The highest BCUT2D eigenvalue weighted by atomic mass is 35.5. The molecule has 1 heterocycles. The van der Waals surface area contributed by atoms with E-state index in [1.54, 1.807) is 11.8 Å². The highest BCUT2D eigenvalue weighted by molar-refractivity contribution is 7.99. The van der Waals surface area contributed by atoms with Crippen LogP contribution in [0.15, 0.2) is 5.16 Å². The summed E-state index contributed by atoms with van der Waals surface area (Å²) in [6, 6.07) is 0.457. The van der Waals surface area contributed by atoms with Crippen LogP contribution >= 0.6 is 23.4 Å². The third-order valence-corrected chi connectivity index (χ3v) is 5.23. The Bertz CT molecular complexity index is 469. The van der Waals surface area contributed by atoms with Crippen molar-refractivity contribution in [3.8, 4) is 0 Å². The van der Waals surface area contributed by atoms with Crippen molar-refractivity contribution in [2.45, 2.75) is 63.6 Å². The summed E-state index contributed by atoms with van der Waals surface area (Å²) >= 11 is 7.75.